The number of rotatable bonds is 7. The summed E-state index contributed by atoms with van der Waals surface area (Å²) in [5, 5.41) is 2.62. The number of anilines is 1. The lowest BCUT2D eigenvalue weighted by molar-refractivity contribution is 0.394. The third kappa shape index (κ3) is 3.30. The van der Waals surface area contributed by atoms with Crippen LogP contribution in [0.2, 0.25) is 0 Å². The van der Waals surface area contributed by atoms with Crippen LogP contribution in [0, 0.1) is 4.91 Å². The molecular weight excluding hydrogens is 248 g/mol. The zero-order valence-corrected chi connectivity index (χ0v) is 11.3. The van der Waals surface area contributed by atoms with Crippen LogP contribution in [-0.4, -0.2) is 9.55 Å². The lowest BCUT2D eigenvalue weighted by atomic mass is 10.0. The van der Waals surface area contributed by atoms with Gasteiger partial charge in [0.2, 0.25) is 5.69 Å². The molecule has 0 saturated carbocycles. The molecule has 0 aliphatic heterocycles. The predicted molar refractivity (Wildman–Crippen MR) is 74.7 cm³/mol. The van der Waals surface area contributed by atoms with Gasteiger partial charge < -0.3 is 5.73 Å². The van der Waals surface area contributed by atoms with Crippen molar-refractivity contribution in [2.24, 2.45) is 5.18 Å². The first-order valence-corrected chi connectivity index (χ1v) is 6.54. The van der Waals surface area contributed by atoms with E-state index in [9.17, 15) is 14.5 Å². The Bertz CT molecular complexity index is 547. The number of nitrogens with two attached hydrogens (primary N) is 1. The summed E-state index contributed by atoms with van der Waals surface area (Å²) in [6.07, 6.45) is 4.14. The lowest BCUT2D eigenvalue weighted by Crippen LogP contribution is -2.38. The van der Waals surface area contributed by atoms with E-state index >= 15 is 0 Å². The van der Waals surface area contributed by atoms with Crippen LogP contribution >= 0.6 is 0 Å². The van der Waals surface area contributed by atoms with Gasteiger partial charge in [-0.15, -0.1) is 4.91 Å². The van der Waals surface area contributed by atoms with Crippen molar-refractivity contribution in [3.63, 3.8) is 0 Å². The molecule has 1 atom stereocenters. The number of H-pyrrole nitrogens is 1. The number of nitrogens with one attached hydrogen (secondary N) is 1. The van der Waals surface area contributed by atoms with Crippen LogP contribution in [0.1, 0.15) is 52.0 Å². The first-order valence-electron chi connectivity index (χ1n) is 6.54. The molecule has 0 fully saturated rings. The summed E-state index contributed by atoms with van der Waals surface area (Å²) in [7, 11) is 0. The second kappa shape index (κ2) is 6.86. The Morgan fingerprint density at radius 3 is 2.47 bits per heavy atom. The molecule has 1 heterocycles. The fourth-order valence-corrected chi connectivity index (χ4v) is 2.15. The van der Waals surface area contributed by atoms with E-state index in [1.807, 2.05) is 13.8 Å². The summed E-state index contributed by atoms with van der Waals surface area (Å²) in [6.45, 7) is 4.02. The third-order valence-corrected chi connectivity index (χ3v) is 3.11. The average Bonchev–Trinajstić information content (AvgIpc) is 2.35. The normalized spacial score (nSPS) is 12.3. The van der Waals surface area contributed by atoms with Gasteiger partial charge in [0.1, 0.15) is 5.82 Å². The van der Waals surface area contributed by atoms with Crippen molar-refractivity contribution in [3.05, 3.63) is 25.7 Å². The smallest absolute Gasteiger partial charge is 0.330 e. The van der Waals surface area contributed by atoms with Gasteiger partial charge in [0, 0.05) is 6.04 Å². The van der Waals surface area contributed by atoms with E-state index in [4.69, 9.17) is 5.73 Å². The van der Waals surface area contributed by atoms with Gasteiger partial charge in [-0.25, -0.2) is 4.79 Å². The van der Waals surface area contributed by atoms with E-state index in [1.165, 1.54) is 0 Å². The van der Waals surface area contributed by atoms with Crippen LogP contribution in [0.4, 0.5) is 11.5 Å². The van der Waals surface area contributed by atoms with E-state index in [1.54, 1.807) is 0 Å². The molecule has 7 heteroatoms. The van der Waals surface area contributed by atoms with E-state index in [0.29, 0.717) is 6.42 Å². The number of hydrogen-bond donors (Lipinski definition) is 2. The van der Waals surface area contributed by atoms with Crippen molar-refractivity contribution in [2.75, 3.05) is 5.73 Å². The minimum atomic E-state index is -0.703. The van der Waals surface area contributed by atoms with Gasteiger partial charge in [0.25, 0.3) is 5.56 Å². The van der Waals surface area contributed by atoms with Crippen molar-refractivity contribution in [3.8, 4) is 0 Å². The molecule has 0 radical (unpaired) electrons. The summed E-state index contributed by atoms with van der Waals surface area (Å²) >= 11 is 0. The highest BCUT2D eigenvalue weighted by atomic mass is 16.3. The topological polar surface area (TPSA) is 110 Å². The zero-order chi connectivity index (χ0) is 14.4. The molecule has 0 bridgehead atoms. The molecule has 7 nitrogen and oxygen atoms in total. The van der Waals surface area contributed by atoms with Crippen LogP contribution < -0.4 is 17.0 Å². The molecule has 0 saturated heterocycles. The number of nitrogens with zero attached hydrogens (tertiary/aromatic N) is 2. The molecule has 1 aromatic heterocycles. The van der Waals surface area contributed by atoms with Gasteiger partial charge in [-0.1, -0.05) is 33.1 Å². The molecule has 0 amide bonds. The summed E-state index contributed by atoms with van der Waals surface area (Å²) < 4.78 is 1.08. The van der Waals surface area contributed by atoms with Gasteiger partial charge in [0.05, 0.1) is 0 Å². The Morgan fingerprint density at radius 1 is 1.26 bits per heavy atom. The molecule has 1 aromatic rings. The largest absolute Gasteiger partial charge is 0.383 e. The first kappa shape index (κ1) is 15.1. The summed E-state index contributed by atoms with van der Waals surface area (Å²) in [5.41, 5.74) is 3.71. The van der Waals surface area contributed by atoms with E-state index in [2.05, 4.69) is 10.2 Å². The van der Waals surface area contributed by atoms with Crippen LogP contribution in [0.25, 0.3) is 0 Å². The SMILES string of the molecule is CCCCC(CCC)n1c(=O)[nH]c(N)c(N=O)c1=O. The maximum atomic E-state index is 12.1. The van der Waals surface area contributed by atoms with Crippen LogP contribution in [0.15, 0.2) is 14.8 Å². The van der Waals surface area contributed by atoms with E-state index < -0.39 is 16.9 Å². The van der Waals surface area contributed by atoms with Gasteiger partial charge in [-0.3, -0.25) is 14.3 Å². The molecule has 19 heavy (non-hydrogen) atoms. The van der Waals surface area contributed by atoms with Gasteiger partial charge in [-0.2, -0.15) is 0 Å². The highest BCUT2D eigenvalue weighted by Gasteiger charge is 2.19. The minimum Gasteiger partial charge on any atom is -0.383 e. The molecule has 1 unspecified atom stereocenters. The average molecular weight is 268 g/mol. The lowest BCUT2D eigenvalue weighted by Gasteiger charge is -2.18. The summed E-state index contributed by atoms with van der Waals surface area (Å²) in [5.74, 6) is -0.271. The zero-order valence-electron chi connectivity index (χ0n) is 11.3. The molecule has 1 rings (SSSR count). The minimum absolute atomic E-state index is 0.220. The summed E-state index contributed by atoms with van der Waals surface area (Å²) in [6, 6.07) is -0.220. The van der Waals surface area contributed by atoms with Gasteiger partial charge in [-0.05, 0) is 18.0 Å². The predicted octanol–water partition coefficient (Wildman–Crippen LogP) is 2.05. The standard InChI is InChI=1S/C12H20N4O3/c1-3-5-7-8(6-4-2)16-11(17)9(15-19)10(13)14-12(16)18/h8H,3-7,13H2,1-2H3,(H,14,18). The van der Waals surface area contributed by atoms with Gasteiger partial charge >= 0.3 is 5.69 Å². The number of unbranched alkanes of at least 4 members (excludes halogenated alkanes) is 1. The van der Waals surface area contributed by atoms with Crippen molar-refractivity contribution < 1.29 is 0 Å². The highest BCUT2D eigenvalue weighted by molar-refractivity contribution is 5.54. The third-order valence-electron chi connectivity index (χ3n) is 3.11. The maximum absolute atomic E-state index is 12.1. The number of nitroso groups, excluding NO2 is 1. The number of hydrogen-bond acceptors (Lipinski definition) is 5. The van der Waals surface area contributed by atoms with Crippen molar-refractivity contribution in [1.82, 2.24) is 9.55 Å². The van der Waals surface area contributed by atoms with Crippen LogP contribution in [0.5, 0.6) is 0 Å². The Labute approximate surface area is 110 Å². The fraction of sp³-hybridized carbons (Fsp3) is 0.667. The van der Waals surface area contributed by atoms with E-state index in [0.717, 1.165) is 30.3 Å². The van der Waals surface area contributed by atoms with Crippen molar-refractivity contribution >= 4 is 11.5 Å². The van der Waals surface area contributed by atoms with Crippen LogP contribution in [0.3, 0.4) is 0 Å². The highest BCUT2D eigenvalue weighted by Crippen LogP contribution is 2.19. The molecule has 0 aliphatic rings. The Hall–Kier alpha value is -1.92. The Morgan fingerprint density at radius 2 is 1.95 bits per heavy atom. The second-order valence-corrected chi connectivity index (χ2v) is 4.54. The quantitative estimate of drug-likeness (QED) is 0.737. The second-order valence-electron chi connectivity index (χ2n) is 4.54. The van der Waals surface area contributed by atoms with Gasteiger partial charge in [0.15, 0.2) is 0 Å². The maximum Gasteiger partial charge on any atom is 0.330 e. The number of aromatic nitrogens is 2. The number of aromatic amines is 1. The van der Waals surface area contributed by atoms with E-state index in [-0.39, 0.29) is 11.9 Å². The molecule has 3 N–H and O–H groups in total. The van der Waals surface area contributed by atoms with Crippen molar-refractivity contribution in [2.45, 2.75) is 52.0 Å². The first-order chi connectivity index (χ1) is 9.06. The number of nitrogen functional groups attached to an aromatic ring is 1. The molecule has 106 valence electrons. The Balaban J connectivity index is 3.33. The molecule has 0 aliphatic carbocycles. The van der Waals surface area contributed by atoms with Crippen molar-refractivity contribution in [1.29, 1.82) is 0 Å². The molecule has 0 spiro atoms. The fourth-order valence-electron chi connectivity index (χ4n) is 2.15. The van der Waals surface area contributed by atoms with Crippen LogP contribution in [-0.2, 0) is 0 Å². The molecule has 0 aromatic carbocycles. The Kier molecular flexibility index (Phi) is 5.47. The molecular formula is C12H20N4O3. The summed E-state index contributed by atoms with van der Waals surface area (Å²) in [4.78, 5) is 36.9. The monoisotopic (exact) mass is 268 g/mol.